The second kappa shape index (κ2) is 5.59. The topological polar surface area (TPSA) is 70.5 Å². The van der Waals surface area contributed by atoms with E-state index >= 15 is 0 Å². The summed E-state index contributed by atoms with van der Waals surface area (Å²) in [4.78, 5) is 4.36. The molecule has 3 rings (SSSR count). The van der Waals surface area contributed by atoms with Gasteiger partial charge in [-0.1, -0.05) is 0 Å². The Labute approximate surface area is 111 Å². The molecule has 2 aromatic rings. The fourth-order valence-electron chi connectivity index (χ4n) is 2.28. The zero-order valence-electron chi connectivity index (χ0n) is 10.8. The number of nitrogen functional groups attached to an aromatic ring is 1. The molecule has 0 amide bonds. The van der Waals surface area contributed by atoms with E-state index in [1.54, 1.807) is 6.07 Å². The van der Waals surface area contributed by atoms with Gasteiger partial charge in [-0.3, -0.25) is 0 Å². The molecule has 1 aliphatic heterocycles. The third-order valence-corrected chi connectivity index (χ3v) is 3.38. The Morgan fingerprint density at radius 2 is 2.16 bits per heavy atom. The van der Waals surface area contributed by atoms with Gasteiger partial charge in [-0.05, 0) is 30.9 Å². The van der Waals surface area contributed by atoms with Crippen LogP contribution in [0.25, 0.3) is 11.1 Å². The average Bonchev–Trinajstić information content (AvgIpc) is 2.82. The van der Waals surface area contributed by atoms with E-state index in [2.05, 4.69) is 4.98 Å². The van der Waals surface area contributed by atoms with Crippen LogP contribution in [-0.4, -0.2) is 24.8 Å². The van der Waals surface area contributed by atoms with Gasteiger partial charge in [-0.25, -0.2) is 4.98 Å². The molecule has 5 heteroatoms. The summed E-state index contributed by atoms with van der Waals surface area (Å²) >= 11 is 0. The first-order valence-electron chi connectivity index (χ1n) is 6.62. The minimum Gasteiger partial charge on any atom is -0.438 e. The summed E-state index contributed by atoms with van der Waals surface area (Å²) in [7, 11) is 0. The minimum atomic E-state index is 0.409. The summed E-state index contributed by atoms with van der Waals surface area (Å²) in [6.45, 7) is 2.84. The number of anilines is 1. The van der Waals surface area contributed by atoms with Gasteiger partial charge in [0.15, 0.2) is 5.58 Å². The van der Waals surface area contributed by atoms with Crippen molar-refractivity contribution in [1.29, 1.82) is 0 Å². The second-order valence-corrected chi connectivity index (χ2v) is 4.91. The van der Waals surface area contributed by atoms with Crippen molar-refractivity contribution >= 4 is 16.8 Å². The minimum absolute atomic E-state index is 0.409. The number of fused-ring (bicyclic) bond motifs is 1. The third kappa shape index (κ3) is 3.05. The summed E-state index contributed by atoms with van der Waals surface area (Å²) < 4.78 is 16.6. The number of ether oxygens (including phenoxy) is 2. The Morgan fingerprint density at radius 1 is 1.32 bits per heavy atom. The summed E-state index contributed by atoms with van der Waals surface area (Å²) in [6, 6.07) is 5.46. The van der Waals surface area contributed by atoms with Crippen molar-refractivity contribution < 1.29 is 13.9 Å². The van der Waals surface area contributed by atoms with Gasteiger partial charge in [-0.2, -0.15) is 0 Å². The highest BCUT2D eigenvalue weighted by molar-refractivity contribution is 5.76. The quantitative estimate of drug-likeness (QED) is 0.856. The third-order valence-electron chi connectivity index (χ3n) is 3.38. The normalized spacial score (nSPS) is 17.1. The lowest BCUT2D eigenvalue weighted by molar-refractivity contribution is 0.0112. The Kier molecular flexibility index (Phi) is 3.66. The molecule has 1 aliphatic rings. The lowest BCUT2D eigenvalue weighted by Gasteiger charge is -2.21. The van der Waals surface area contributed by atoms with Crippen molar-refractivity contribution in [2.24, 2.45) is 5.92 Å². The maximum absolute atomic E-state index is 5.70. The monoisotopic (exact) mass is 262 g/mol. The van der Waals surface area contributed by atoms with Crippen LogP contribution in [-0.2, 0) is 16.1 Å². The number of rotatable bonds is 4. The first-order chi connectivity index (χ1) is 9.31. The number of oxazole rings is 1. The highest BCUT2D eigenvalue weighted by Gasteiger charge is 2.14. The molecule has 0 spiro atoms. The zero-order valence-corrected chi connectivity index (χ0v) is 10.8. The maximum Gasteiger partial charge on any atom is 0.221 e. The van der Waals surface area contributed by atoms with Crippen molar-refractivity contribution in [3.63, 3.8) is 0 Å². The lowest BCUT2D eigenvalue weighted by atomic mass is 10.0. The van der Waals surface area contributed by atoms with Crippen LogP contribution in [0.3, 0.4) is 0 Å². The molecule has 0 bridgehead atoms. The highest BCUT2D eigenvalue weighted by atomic mass is 16.5. The van der Waals surface area contributed by atoms with E-state index < -0.39 is 0 Å². The van der Waals surface area contributed by atoms with Gasteiger partial charge < -0.3 is 19.6 Å². The highest BCUT2D eigenvalue weighted by Crippen LogP contribution is 2.20. The van der Waals surface area contributed by atoms with Crippen molar-refractivity contribution in [3.05, 3.63) is 24.1 Å². The Morgan fingerprint density at radius 3 is 3.00 bits per heavy atom. The summed E-state index contributed by atoms with van der Waals surface area (Å²) in [5.74, 6) is 1.20. The Bertz CT molecular complexity index is 547. The van der Waals surface area contributed by atoms with E-state index in [9.17, 15) is 0 Å². The number of nitrogens with two attached hydrogens (primary N) is 1. The molecule has 0 unspecified atom stereocenters. The van der Waals surface area contributed by atoms with E-state index in [1.165, 1.54) is 0 Å². The number of benzene rings is 1. The molecule has 19 heavy (non-hydrogen) atoms. The van der Waals surface area contributed by atoms with Gasteiger partial charge >= 0.3 is 0 Å². The molecular weight excluding hydrogens is 244 g/mol. The second-order valence-electron chi connectivity index (χ2n) is 4.91. The van der Waals surface area contributed by atoms with Crippen LogP contribution in [0, 0.1) is 5.92 Å². The van der Waals surface area contributed by atoms with Gasteiger partial charge in [0.2, 0.25) is 5.89 Å². The van der Waals surface area contributed by atoms with E-state index in [0.717, 1.165) is 38.2 Å². The molecule has 1 fully saturated rings. The standard InChI is InChI=1S/C14H18N2O3/c15-11-1-2-12-13(7-11)19-14(16-12)9-18-8-10-3-5-17-6-4-10/h1-2,7,10H,3-6,8-9,15H2. The van der Waals surface area contributed by atoms with Crippen LogP contribution in [0.5, 0.6) is 0 Å². The summed E-state index contributed by atoms with van der Waals surface area (Å²) in [5, 5.41) is 0. The molecule has 2 heterocycles. The van der Waals surface area contributed by atoms with E-state index in [0.29, 0.717) is 29.7 Å². The van der Waals surface area contributed by atoms with E-state index in [4.69, 9.17) is 19.6 Å². The van der Waals surface area contributed by atoms with Crippen molar-refractivity contribution in [2.75, 3.05) is 25.6 Å². The van der Waals surface area contributed by atoms with Crippen LogP contribution in [0.15, 0.2) is 22.6 Å². The van der Waals surface area contributed by atoms with Crippen LogP contribution < -0.4 is 5.73 Å². The maximum atomic E-state index is 5.70. The van der Waals surface area contributed by atoms with Crippen molar-refractivity contribution in [2.45, 2.75) is 19.4 Å². The number of nitrogens with zero attached hydrogens (tertiary/aromatic N) is 1. The number of hydrogen-bond acceptors (Lipinski definition) is 5. The van der Waals surface area contributed by atoms with Crippen LogP contribution in [0.2, 0.25) is 0 Å². The molecule has 0 atom stereocenters. The predicted octanol–water partition coefficient (Wildman–Crippen LogP) is 2.35. The molecule has 102 valence electrons. The van der Waals surface area contributed by atoms with Gasteiger partial charge in [0.05, 0.1) is 6.61 Å². The van der Waals surface area contributed by atoms with Gasteiger partial charge in [-0.15, -0.1) is 0 Å². The predicted molar refractivity (Wildman–Crippen MR) is 71.6 cm³/mol. The van der Waals surface area contributed by atoms with Crippen LogP contribution >= 0.6 is 0 Å². The average molecular weight is 262 g/mol. The molecule has 5 nitrogen and oxygen atoms in total. The smallest absolute Gasteiger partial charge is 0.221 e. The lowest BCUT2D eigenvalue weighted by Crippen LogP contribution is -2.20. The molecule has 1 saturated heterocycles. The Hall–Kier alpha value is -1.59. The first-order valence-corrected chi connectivity index (χ1v) is 6.62. The largest absolute Gasteiger partial charge is 0.438 e. The fraction of sp³-hybridized carbons (Fsp3) is 0.500. The Balaban J connectivity index is 1.56. The van der Waals surface area contributed by atoms with E-state index in [1.807, 2.05) is 12.1 Å². The number of hydrogen-bond donors (Lipinski definition) is 1. The molecule has 0 radical (unpaired) electrons. The summed E-state index contributed by atoms with van der Waals surface area (Å²) in [5.41, 5.74) is 7.91. The van der Waals surface area contributed by atoms with Gasteiger partial charge in [0.1, 0.15) is 12.1 Å². The van der Waals surface area contributed by atoms with Crippen LogP contribution in [0.1, 0.15) is 18.7 Å². The SMILES string of the molecule is Nc1ccc2nc(COCC3CCOCC3)oc2c1. The first kappa shape index (κ1) is 12.4. The van der Waals surface area contributed by atoms with Crippen LogP contribution in [0.4, 0.5) is 5.69 Å². The molecule has 0 saturated carbocycles. The fourth-order valence-corrected chi connectivity index (χ4v) is 2.28. The molecule has 0 aliphatic carbocycles. The molecule has 1 aromatic carbocycles. The van der Waals surface area contributed by atoms with Gasteiger partial charge in [0, 0.05) is 25.0 Å². The molecule has 2 N–H and O–H groups in total. The molecular formula is C14H18N2O3. The summed E-state index contributed by atoms with van der Waals surface area (Å²) in [6.07, 6.45) is 2.15. The van der Waals surface area contributed by atoms with Gasteiger partial charge in [0.25, 0.3) is 0 Å². The zero-order chi connectivity index (χ0) is 13.1. The van der Waals surface area contributed by atoms with Crippen molar-refractivity contribution in [1.82, 2.24) is 4.98 Å². The number of aromatic nitrogens is 1. The molecule has 1 aromatic heterocycles. The van der Waals surface area contributed by atoms with E-state index in [-0.39, 0.29) is 0 Å². The van der Waals surface area contributed by atoms with Crippen molar-refractivity contribution in [3.8, 4) is 0 Å².